The van der Waals surface area contributed by atoms with Crippen molar-refractivity contribution in [1.82, 2.24) is 5.32 Å². The van der Waals surface area contributed by atoms with Crippen LogP contribution in [0.4, 0.5) is 13.2 Å². The van der Waals surface area contributed by atoms with Gasteiger partial charge in [0.1, 0.15) is 6.04 Å². The van der Waals surface area contributed by atoms with E-state index in [9.17, 15) is 22.8 Å². The Balaban J connectivity index is 2.93. The van der Waals surface area contributed by atoms with Gasteiger partial charge in [-0.1, -0.05) is 6.07 Å². The summed E-state index contributed by atoms with van der Waals surface area (Å²) in [4.78, 5) is 22.8. The van der Waals surface area contributed by atoms with Gasteiger partial charge in [-0.25, -0.2) is 0 Å². The number of nitrogens with two attached hydrogens (primary N) is 1. The van der Waals surface area contributed by atoms with E-state index in [1.165, 1.54) is 6.07 Å². The van der Waals surface area contributed by atoms with Crippen molar-refractivity contribution in [2.75, 3.05) is 0 Å². The molecule has 106 valence electrons. The first-order chi connectivity index (χ1) is 9.25. The maximum absolute atomic E-state index is 12.5. The molecule has 2 amide bonds. The van der Waals surface area contributed by atoms with E-state index < -0.39 is 29.6 Å². The molecule has 0 aromatic heterocycles. The lowest BCUT2D eigenvalue weighted by Crippen LogP contribution is -2.44. The molecular formula is C13H11F3N2O2. The van der Waals surface area contributed by atoms with Crippen molar-refractivity contribution in [3.63, 3.8) is 0 Å². The number of amides is 2. The van der Waals surface area contributed by atoms with Crippen LogP contribution in [0.5, 0.6) is 0 Å². The number of carbonyl (C=O) groups is 2. The SMILES string of the molecule is C#CC[C@H](NC(=O)c1cccc(C(F)(F)F)c1)C(N)=O. The molecule has 0 heterocycles. The third kappa shape index (κ3) is 4.02. The molecule has 0 unspecified atom stereocenters. The minimum atomic E-state index is -4.56. The predicted octanol–water partition coefficient (Wildman–Crippen LogP) is 1.31. The van der Waals surface area contributed by atoms with Crippen molar-refractivity contribution >= 4 is 11.8 Å². The summed E-state index contributed by atoms with van der Waals surface area (Å²) in [6.45, 7) is 0. The maximum Gasteiger partial charge on any atom is 0.416 e. The second-order valence-electron chi connectivity index (χ2n) is 3.92. The Kier molecular flexibility index (Phi) is 4.75. The largest absolute Gasteiger partial charge is 0.416 e. The van der Waals surface area contributed by atoms with Crippen molar-refractivity contribution in [3.05, 3.63) is 35.4 Å². The summed E-state index contributed by atoms with van der Waals surface area (Å²) in [5.41, 5.74) is 3.83. The lowest BCUT2D eigenvalue weighted by atomic mass is 10.1. The van der Waals surface area contributed by atoms with E-state index in [4.69, 9.17) is 12.2 Å². The fraction of sp³-hybridized carbons (Fsp3) is 0.231. The molecule has 0 aliphatic rings. The highest BCUT2D eigenvalue weighted by molar-refractivity contribution is 5.97. The number of benzene rings is 1. The van der Waals surface area contributed by atoms with E-state index in [1.54, 1.807) is 0 Å². The van der Waals surface area contributed by atoms with Crippen LogP contribution in [-0.2, 0) is 11.0 Å². The number of nitrogens with one attached hydrogen (secondary N) is 1. The van der Waals surface area contributed by atoms with Gasteiger partial charge in [0, 0.05) is 12.0 Å². The highest BCUT2D eigenvalue weighted by Gasteiger charge is 2.31. The van der Waals surface area contributed by atoms with Crippen molar-refractivity contribution < 1.29 is 22.8 Å². The van der Waals surface area contributed by atoms with Crippen LogP contribution in [0.1, 0.15) is 22.3 Å². The molecule has 0 saturated carbocycles. The lowest BCUT2D eigenvalue weighted by molar-refractivity contribution is -0.137. The molecule has 0 bridgehead atoms. The molecule has 0 radical (unpaired) electrons. The van der Waals surface area contributed by atoms with Crippen molar-refractivity contribution in [2.24, 2.45) is 5.73 Å². The van der Waals surface area contributed by atoms with Crippen LogP contribution in [0.2, 0.25) is 0 Å². The maximum atomic E-state index is 12.5. The van der Waals surface area contributed by atoms with E-state index in [2.05, 4.69) is 11.2 Å². The number of alkyl halides is 3. The molecule has 0 aliphatic heterocycles. The summed E-state index contributed by atoms with van der Waals surface area (Å²) in [7, 11) is 0. The van der Waals surface area contributed by atoms with Crippen LogP contribution in [0.25, 0.3) is 0 Å². The van der Waals surface area contributed by atoms with Crippen molar-refractivity contribution in [1.29, 1.82) is 0 Å². The van der Waals surface area contributed by atoms with E-state index in [1.807, 2.05) is 0 Å². The monoisotopic (exact) mass is 284 g/mol. The first-order valence-corrected chi connectivity index (χ1v) is 5.46. The van der Waals surface area contributed by atoms with E-state index in [0.717, 1.165) is 12.1 Å². The Hall–Kier alpha value is -2.49. The van der Waals surface area contributed by atoms with Gasteiger partial charge in [-0.05, 0) is 18.2 Å². The standard InChI is InChI=1S/C13H11F3N2O2/c1-2-4-10(11(17)19)18-12(20)8-5-3-6-9(7-8)13(14,15)16/h1,3,5-7,10H,4H2,(H2,17,19)(H,18,20)/t10-/m0/s1. The Morgan fingerprint density at radius 2 is 2.05 bits per heavy atom. The second kappa shape index (κ2) is 6.10. The summed E-state index contributed by atoms with van der Waals surface area (Å²) in [5.74, 6) is 0.436. The van der Waals surface area contributed by atoms with Crippen molar-refractivity contribution in [2.45, 2.75) is 18.6 Å². The predicted molar refractivity (Wildman–Crippen MR) is 65.3 cm³/mol. The number of hydrogen-bond donors (Lipinski definition) is 2. The quantitative estimate of drug-likeness (QED) is 0.818. The average molecular weight is 284 g/mol. The Labute approximate surface area is 113 Å². The number of primary amides is 1. The fourth-order valence-corrected chi connectivity index (χ4v) is 1.42. The lowest BCUT2D eigenvalue weighted by Gasteiger charge is -2.13. The van der Waals surface area contributed by atoms with Gasteiger partial charge in [0.15, 0.2) is 0 Å². The molecule has 1 aromatic carbocycles. The van der Waals surface area contributed by atoms with Crippen LogP contribution in [0.3, 0.4) is 0 Å². The van der Waals surface area contributed by atoms with E-state index in [-0.39, 0.29) is 12.0 Å². The molecule has 1 rings (SSSR count). The van der Waals surface area contributed by atoms with E-state index in [0.29, 0.717) is 6.07 Å². The van der Waals surface area contributed by atoms with Gasteiger partial charge in [-0.3, -0.25) is 9.59 Å². The second-order valence-corrected chi connectivity index (χ2v) is 3.92. The first kappa shape index (κ1) is 15.6. The smallest absolute Gasteiger partial charge is 0.368 e. The van der Waals surface area contributed by atoms with Gasteiger partial charge in [0.05, 0.1) is 5.56 Å². The third-order valence-electron chi connectivity index (χ3n) is 2.42. The molecule has 1 aromatic rings. The normalized spacial score (nSPS) is 12.3. The molecule has 4 nitrogen and oxygen atoms in total. The highest BCUT2D eigenvalue weighted by atomic mass is 19.4. The molecule has 0 saturated heterocycles. The minimum absolute atomic E-state index is 0.139. The number of carbonyl (C=O) groups excluding carboxylic acids is 2. The van der Waals surface area contributed by atoms with Gasteiger partial charge in [-0.2, -0.15) is 13.2 Å². The van der Waals surface area contributed by atoms with E-state index >= 15 is 0 Å². The van der Waals surface area contributed by atoms with Gasteiger partial charge in [0.25, 0.3) is 5.91 Å². The van der Waals surface area contributed by atoms with Crippen LogP contribution < -0.4 is 11.1 Å². The first-order valence-electron chi connectivity index (χ1n) is 5.46. The molecular weight excluding hydrogens is 273 g/mol. The molecule has 0 spiro atoms. The Morgan fingerprint density at radius 1 is 1.40 bits per heavy atom. The number of terminal acetylenes is 1. The average Bonchev–Trinajstić information content (AvgIpc) is 2.37. The van der Waals surface area contributed by atoms with Crippen LogP contribution in [0.15, 0.2) is 24.3 Å². The van der Waals surface area contributed by atoms with Crippen LogP contribution >= 0.6 is 0 Å². The van der Waals surface area contributed by atoms with Gasteiger partial charge >= 0.3 is 6.18 Å². The third-order valence-corrected chi connectivity index (χ3v) is 2.42. The molecule has 0 aliphatic carbocycles. The van der Waals surface area contributed by atoms with Gasteiger partial charge in [0.2, 0.25) is 5.91 Å². The van der Waals surface area contributed by atoms with Crippen LogP contribution in [0, 0.1) is 12.3 Å². The molecule has 1 atom stereocenters. The van der Waals surface area contributed by atoms with Crippen LogP contribution in [-0.4, -0.2) is 17.9 Å². The number of halogens is 3. The molecule has 3 N–H and O–H groups in total. The molecule has 0 fully saturated rings. The summed E-state index contributed by atoms with van der Waals surface area (Å²) in [5, 5.41) is 2.19. The fourth-order valence-electron chi connectivity index (χ4n) is 1.42. The molecule has 20 heavy (non-hydrogen) atoms. The zero-order valence-corrected chi connectivity index (χ0v) is 10.2. The zero-order valence-electron chi connectivity index (χ0n) is 10.2. The summed E-state index contributed by atoms with van der Waals surface area (Å²) >= 11 is 0. The number of hydrogen-bond acceptors (Lipinski definition) is 2. The Morgan fingerprint density at radius 3 is 2.55 bits per heavy atom. The Bertz CT molecular complexity index is 561. The highest BCUT2D eigenvalue weighted by Crippen LogP contribution is 2.29. The summed E-state index contributed by atoms with van der Waals surface area (Å²) in [6.07, 6.45) is 0.309. The topological polar surface area (TPSA) is 72.2 Å². The molecule has 7 heteroatoms. The zero-order chi connectivity index (χ0) is 15.3. The summed E-state index contributed by atoms with van der Waals surface area (Å²) in [6, 6.07) is 2.69. The summed E-state index contributed by atoms with van der Waals surface area (Å²) < 4.78 is 37.5. The van der Waals surface area contributed by atoms with Gasteiger partial charge in [-0.15, -0.1) is 12.3 Å². The number of rotatable bonds is 4. The van der Waals surface area contributed by atoms with Gasteiger partial charge < -0.3 is 11.1 Å². The van der Waals surface area contributed by atoms with Crippen molar-refractivity contribution in [3.8, 4) is 12.3 Å². The minimum Gasteiger partial charge on any atom is -0.368 e.